The van der Waals surface area contributed by atoms with Gasteiger partial charge < -0.3 is 25.2 Å². The monoisotopic (exact) mass is 276 g/mol. The number of aliphatic hydroxyl groups excluding tert-OH is 1. The van der Waals surface area contributed by atoms with E-state index in [2.05, 4.69) is 5.32 Å². The van der Waals surface area contributed by atoms with E-state index in [4.69, 9.17) is 9.84 Å². The van der Waals surface area contributed by atoms with E-state index in [-0.39, 0.29) is 13.2 Å². The summed E-state index contributed by atoms with van der Waals surface area (Å²) in [5, 5.41) is 20.6. The Morgan fingerprint density at radius 1 is 1.37 bits per heavy atom. The highest BCUT2D eigenvalue weighted by atomic mass is 16.5. The van der Waals surface area contributed by atoms with Gasteiger partial charge >= 0.3 is 12.0 Å². The zero-order valence-corrected chi connectivity index (χ0v) is 11.8. The van der Waals surface area contributed by atoms with Crippen molar-refractivity contribution in [1.82, 2.24) is 10.2 Å². The van der Waals surface area contributed by atoms with Gasteiger partial charge in [-0.1, -0.05) is 13.3 Å². The Labute approximate surface area is 113 Å². The summed E-state index contributed by atoms with van der Waals surface area (Å²) in [6.45, 7) is 3.90. The number of carbonyl (C=O) groups is 2. The molecule has 0 heterocycles. The van der Waals surface area contributed by atoms with Crippen molar-refractivity contribution < 1.29 is 24.5 Å². The summed E-state index contributed by atoms with van der Waals surface area (Å²) in [4.78, 5) is 24.6. The molecule has 2 amide bonds. The van der Waals surface area contributed by atoms with Gasteiger partial charge in [0.15, 0.2) is 0 Å². The van der Waals surface area contributed by atoms with Gasteiger partial charge in [-0.25, -0.2) is 9.59 Å². The number of rotatable bonds is 9. The fourth-order valence-electron chi connectivity index (χ4n) is 1.68. The number of hydrogen-bond acceptors (Lipinski definition) is 4. The van der Waals surface area contributed by atoms with Crippen LogP contribution in [0.4, 0.5) is 4.79 Å². The van der Waals surface area contributed by atoms with E-state index >= 15 is 0 Å². The Balaban J connectivity index is 4.70. The molecule has 112 valence electrons. The Morgan fingerprint density at radius 3 is 2.42 bits per heavy atom. The molecule has 7 nitrogen and oxygen atoms in total. The van der Waals surface area contributed by atoms with Gasteiger partial charge in [0, 0.05) is 20.2 Å². The Hall–Kier alpha value is -1.34. The van der Waals surface area contributed by atoms with Crippen LogP contribution in [0.25, 0.3) is 0 Å². The van der Waals surface area contributed by atoms with Crippen LogP contribution >= 0.6 is 0 Å². The molecule has 3 N–H and O–H groups in total. The first-order valence-electron chi connectivity index (χ1n) is 6.31. The number of hydrogen-bond donors (Lipinski definition) is 3. The molecule has 0 spiro atoms. The van der Waals surface area contributed by atoms with Crippen molar-refractivity contribution in [3.05, 3.63) is 0 Å². The van der Waals surface area contributed by atoms with E-state index in [0.29, 0.717) is 26.0 Å². The molecule has 0 rings (SSSR count). The van der Waals surface area contributed by atoms with Crippen molar-refractivity contribution in [3.63, 3.8) is 0 Å². The summed E-state index contributed by atoms with van der Waals surface area (Å²) in [5.74, 6) is -1.07. The van der Waals surface area contributed by atoms with E-state index < -0.39 is 17.5 Å². The molecule has 0 bridgehead atoms. The van der Waals surface area contributed by atoms with Gasteiger partial charge in [-0.15, -0.1) is 0 Å². The average molecular weight is 276 g/mol. The maximum Gasteiger partial charge on any atom is 0.329 e. The molecular formula is C12H24N2O5. The summed E-state index contributed by atoms with van der Waals surface area (Å²) in [7, 11) is 1.51. The highest BCUT2D eigenvalue weighted by Crippen LogP contribution is 2.13. The second-order valence-corrected chi connectivity index (χ2v) is 4.52. The minimum atomic E-state index is -1.30. The maximum absolute atomic E-state index is 12.0. The molecule has 1 unspecified atom stereocenters. The zero-order chi connectivity index (χ0) is 14.9. The number of methoxy groups -OCH3 is 1. The average Bonchev–Trinajstić information content (AvgIpc) is 2.34. The lowest BCUT2D eigenvalue weighted by Gasteiger charge is -2.30. The standard InChI is InChI=1S/C12H24N2O5/c1-4-5-12(2,10(16)17)13-11(18)14(6-8-15)7-9-19-3/h15H,4-9H2,1-3H3,(H,13,18)(H,16,17). The van der Waals surface area contributed by atoms with Crippen LogP contribution in [0.5, 0.6) is 0 Å². The van der Waals surface area contributed by atoms with E-state index in [1.807, 2.05) is 6.92 Å². The van der Waals surface area contributed by atoms with Crippen LogP contribution in [-0.4, -0.2) is 66.1 Å². The number of nitrogens with zero attached hydrogens (tertiary/aromatic N) is 1. The van der Waals surface area contributed by atoms with Crippen LogP contribution in [0.2, 0.25) is 0 Å². The molecule has 0 saturated carbocycles. The Kier molecular flexibility index (Phi) is 8.09. The number of carbonyl (C=O) groups excluding carboxylic acids is 1. The van der Waals surface area contributed by atoms with Crippen LogP contribution in [-0.2, 0) is 9.53 Å². The smallest absolute Gasteiger partial charge is 0.329 e. The lowest BCUT2D eigenvalue weighted by Crippen LogP contribution is -2.56. The number of amides is 2. The van der Waals surface area contributed by atoms with Gasteiger partial charge in [-0.3, -0.25) is 0 Å². The normalized spacial score (nSPS) is 13.7. The number of nitrogens with one attached hydrogen (secondary N) is 1. The topological polar surface area (TPSA) is 99.1 Å². The second kappa shape index (κ2) is 8.71. The van der Waals surface area contributed by atoms with Crippen LogP contribution < -0.4 is 5.32 Å². The van der Waals surface area contributed by atoms with Crippen LogP contribution in [0.1, 0.15) is 26.7 Å². The molecule has 0 aliphatic heterocycles. The van der Waals surface area contributed by atoms with Crippen LogP contribution in [0.3, 0.4) is 0 Å². The van der Waals surface area contributed by atoms with E-state index in [1.165, 1.54) is 18.9 Å². The quantitative estimate of drug-likeness (QED) is 0.562. The van der Waals surface area contributed by atoms with Gasteiger partial charge in [0.1, 0.15) is 5.54 Å². The number of carboxylic acids is 1. The van der Waals surface area contributed by atoms with Gasteiger partial charge in [0.05, 0.1) is 13.2 Å². The van der Waals surface area contributed by atoms with E-state index in [1.54, 1.807) is 0 Å². The molecule has 0 aliphatic carbocycles. The number of urea groups is 1. The first-order valence-corrected chi connectivity index (χ1v) is 6.31. The molecule has 0 saturated heterocycles. The number of aliphatic hydroxyl groups is 1. The van der Waals surface area contributed by atoms with Gasteiger partial charge in [0.2, 0.25) is 0 Å². The Morgan fingerprint density at radius 2 is 2.00 bits per heavy atom. The van der Waals surface area contributed by atoms with Gasteiger partial charge in [-0.2, -0.15) is 0 Å². The molecule has 19 heavy (non-hydrogen) atoms. The fraction of sp³-hybridized carbons (Fsp3) is 0.833. The number of aliphatic carboxylic acids is 1. The summed E-state index contributed by atoms with van der Waals surface area (Å²) >= 11 is 0. The molecule has 0 aromatic carbocycles. The molecule has 7 heteroatoms. The molecule has 0 aliphatic rings. The summed E-state index contributed by atoms with van der Waals surface area (Å²) in [6.07, 6.45) is 0.979. The van der Waals surface area contributed by atoms with Gasteiger partial charge in [-0.05, 0) is 13.3 Å². The van der Waals surface area contributed by atoms with Crippen LogP contribution in [0.15, 0.2) is 0 Å². The highest BCUT2D eigenvalue weighted by Gasteiger charge is 2.35. The van der Waals surface area contributed by atoms with Crippen molar-refractivity contribution >= 4 is 12.0 Å². The van der Waals surface area contributed by atoms with Gasteiger partial charge in [0.25, 0.3) is 0 Å². The largest absolute Gasteiger partial charge is 0.480 e. The molecule has 1 atom stereocenters. The molecule has 0 aromatic heterocycles. The third-order valence-corrected chi connectivity index (χ3v) is 2.83. The van der Waals surface area contributed by atoms with Crippen molar-refractivity contribution in [1.29, 1.82) is 0 Å². The first-order chi connectivity index (χ1) is 8.91. The second-order valence-electron chi connectivity index (χ2n) is 4.52. The third kappa shape index (κ3) is 5.89. The van der Waals surface area contributed by atoms with Crippen molar-refractivity contribution in [3.8, 4) is 0 Å². The predicted molar refractivity (Wildman–Crippen MR) is 70.0 cm³/mol. The van der Waals surface area contributed by atoms with Crippen LogP contribution in [0, 0.1) is 0 Å². The lowest BCUT2D eigenvalue weighted by atomic mass is 9.96. The minimum Gasteiger partial charge on any atom is -0.480 e. The summed E-state index contributed by atoms with van der Waals surface area (Å²) < 4.78 is 4.87. The van der Waals surface area contributed by atoms with E-state index in [0.717, 1.165) is 0 Å². The van der Waals surface area contributed by atoms with E-state index in [9.17, 15) is 14.7 Å². The minimum absolute atomic E-state index is 0.136. The maximum atomic E-state index is 12.0. The Bertz CT molecular complexity index is 298. The molecule has 0 radical (unpaired) electrons. The highest BCUT2D eigenvalue weighted by molar-refractivity contribution is 5.85. The molecule has 0 fully saturated rings. The van der Waals surface area contributed by atoms with Crippen molar-refractivity contribution in [2.45, 2.75) is 32.2 Å². The summed E-state index contributed by atoms with van der Waals surface area (Å²) in [6, 6.07) is -0.510. The summed E-state index contributed by atoms with van der Waals surface area (Å²) in [5.41, 5.74) is -1.30. The first kappa shape index (κ1) is 17.7. The zero-order valence-electron chi connectivity index (χ0n) is 11.8. The number of carboxylic acid groups (broad SMARTS) is 1. The lowest BCUT2D eigenvalue weighted by molar-refractivity contribution is -0.144. The molecular weight excluding hydrogens is 252 g/mol. The fourth-order valence-corrected chi connectivity index (χ4v) is 1.68. The predicted octanol–water partition coefficient (Wildman–Crippen LogP) is 0.280. The van der Waals surface area contributed by atoms with Crippen molar-refractivity contribution in [2.75, 3.05) is 33.4 Å². The number of ether oxygens (including phenoxy) is 1. The molecule has 0 aromatic rings. The third-order valence-electron chi connectivity index (χ3n) is 2.83. The SMILES string of the molecule is CCCC(C)(NC(=O)N(CCO)CCOC)C(=O)O. The van der Waals surface area contributed by atoms with Crippen molar-refractivity contribution in [2.24, 2.45) is 0 Å².